The van der Waals surface area contributed by atoms with Gasteiger partial charge in [0.2, 0.25) is 0 Å². The van der Waals surface area contributed by atoms with Gasteiger partial charge in [0.25, 0.3) is 5.56 Å². The fraction of sp³-hybridized carbons (Fsp3) is 0.0833. The molecule has 0 spiro atoms. The van der Waals surface area contributed by atoms with Gasteiger partial charge in [-0.1, -0.05) is 35.5 Å². The number of aromatic amines is 1. The molecule has 0 fully saturated rings. The molecule has 1 aromatic heterocycles. The van der Waals surface area contributed by atoms with Gasteiger partial charge >= 0.3 is 5.97 Å². The SMILES string of the molecule is O=C(O)Cc1ccc(Sc2nc[nH]c(=O)c2Cl)cc1. The maximum Gasteiger partial charge on any atom is 0.307 e. The molecule has 5 nitrogen and oxygen atoms in total. The standard InChI is InChI=1S/C12H9ClN2O3S/c13-10-11(18)14-6-15-12(10)19-8-3-1-7(2-4-8)5-9(16)17/h1-4,6H,5H2,(H,16,17)(H,14,15,18). The highest BCUT2D eigenvalue weighted by atomic mass is 35.5. The van der Waals surface area contributed by atoms with Crippen molar-refractivity contribution < 1.29 is 9.90 Å². The summed E-state index contributed by atoms with van der Waals surface area (Å²) in [5, 5.41) is 9.12. The van der Waals surface area contributed by atoms with Crippen molar-refractivity contribution in [3.05, 3.63) is 51.5 Å². The number of aliphatic carboxylic acids is 1. The zero-order valence-electron chi connectivity index (χ0n) is 9.59. The second-order valence-corrected chi connectivity index (χ2v) is 5.11. The molecule has 98 valence electrons. The molecule has 0 unspecified atom stereocenters. The van der Waals surface area contributed by atoms with Crippen LogP contribution in [0.5, 0.6) is 0 Å². The number of carboxylic acids is 1. The first-order valence-corrected chi connectivity index (χ1v) is 6.47. The van der Waals surface area contributed by atoms with Crippen molar-refractivity contribution in [3.8, 4) is 0 Å². The first kappa shape index (κ1) is 13.6. The number of H-pyrrole nitrogens is 1. The van der Waals surface area contributed by atoms with Gasteiger partial charge in [0, 0.05) is 4.90 Å². The molecular weight excluding hydrogens is 288 g/mol. The Balaban J connectivity index is 2.17. The summed E-state index contributed by atoms with van der Waals surface area (Å²) in [5.74, 6) is -0.875. The van der Waals surface area contributed by atoms with Crippen molar-refractivity contribution in [2.24, 2.45) is 0 Å². The number of aromatic nitrogens is 2. The van der Waals surface area contributed by atoms with Gasteiger partial charge in [-0.05, 0) is 17.7 Å². The Hall–Kier alpha value is -1.79. The fourth-order valence-electron chi connectivity index (χ4n) is 1.40. The van der Waals surface area contributed by atoms with E-state index in [1.165, 1.54) is 18.1 Å². The Kier molecular flexibility index (Phi) is 4.24. The molecule has 2 N–H and O–H groups in total. The van der Waals surface area contributed by atoms with E-state index in [2.05, 4.69) is 9.97 Å². The number of hydrogen-bond acceptors (Lipinski definition) is 4. The minimum Gasteiger partial charge on any atom is -0.481 e. The molecule has 0 atom stereocenters. The monoisotopic (exact) mass is 296 g/mol. The van der Waals surface area contributed by atoms with Gasteiger partial charge in [-0.3, -0.25) is 9.59 Å². The van der Waals surface area contributed by atoms with Crippen LogP contribution in [0.25, 0.3) is 0 Å². The molecule has 0 aliphatic rings. The normalized spacial score (nSPS) is 10.4. The Morgan fingerprint density at radius 1 is 1.37 bits per heavy atom. The van der Waals surface area contributed by atoms with Crippen molar-refractivity contribution in [3.63, 3.8) is 0 Å². The largest absolute Gasteiger partial charge is 0.481 e. The molecule has 0 aliphatic heterocycles. The van der Waals surface area contributed by atoms with Crippen molar-refractivity contribution in [1.82, 2.24) is 9.97 Å². The lowest BCUT2D eigenvalue weighted by molar-refractivity contribution is -0.136. The number of halogens is 1. The highest BCUT2D eigenvalue weighted by Crippen LogP contribution is 2.29. The van der Waals surface area contributed by atoms with E-state index >= 15 is 0 Å². The number of nitrogens with one attached hydrogen (secondary N) is 1. The summed E-state index contributed by atoms with van der Waals surface area (Å²) in [6.45, 7) is 0. The van der Waals surface area contributed by atoms with E-state index in [0.717, 1.165) is 4.90 Å². The number of benzene rings is 1. The van der Waals surface area contributed by atoms with E-state index in [1.807, 2.05) is 0 Å². The summed E-state index contributed by atoms with van der Waals surface area (Å²) in [6.07, 6.45) is 1.27. The van der Waals surface area contributed by atoms with E-state index in [-0.39, 0.29) is 17.0 Å². The van der Waals surface area contributed by atoms with Crippen LogP contribution in [0.4, 0.5) is 0 Å². The zero-order chi connectivity index (χ0) is 13.8. The molecule has 19 heavy (non-hydrogen) atoms. The predicted octanol–water partition coefficient (Wildman–Crippen LogP) is 2.20. The van der Waals surface area contributed by atoms with Crippen LogP contribution in [-0.4, -0.2) is 21.0 Å². The van der Waals surface area contributed by atoms with E-state index in [1.54, 1.807) is 24.3 Å². The van der Waals surface area contributed by atoms with E-state index in [4.69, 9.17) is 16.7 Å². The third kappa shape index (κ3) is 3.59. The molecule has 1 aromatic carbocycles. The van der Waals surface area contributed by atoms with Crippen LogP contribution in [0.15, 0.2) is 45.3 Å². The quantitative estimate of drug-likeness (QED) is 0.845. The number of nitrogens with zero attached hydrogens (tertiary/aromatic N) is 1. The molecule has 7 heteroatoms. The van der Waals surface area contributed by atoms with E-state index < -0.39 is 5.97 Å². The van der Waals surface area contributed by atoms with Gasteiger partial charge in [0.05, 0.1) is 12.7 Å². The topological polar surface area (TPSA) is 83.0 Å². The van der Waals surface area contributed by atoms with Crippen molar-refractivity contribution >= 4 is 29.3 Å². The molecular formula is C12H9ClN2O3S. The lowest BCUT2D eigenvalue weighted by Gasteiger charge is -2.03. The summed E-state index contributed by atoms with van der Waals surface area (Å²) < 4.78 is 0. The highest BCUT2D eigenvalue weighted by molar-refractivity contribution is 7.99. The van der Waals surface area contributed by atoms with Crippen LogP contribution in [-0.2, 0) is 11.2 Å². The van der Waals surface area contributed by atoms with Crippen LogP contribution >= 0.6 is 23.4 Å². The van der Waals surface area contributed by atoms with Gasteiger partial charge in [-0.2, -0.15) is 0 Å². The summed E-state index contributed by atoms with van der Waals surface area (Å²) in [6, 6.07) is 6.97. The first-order valence-electron chi connectivity index (χ1n) is 5.28. The van der Waals surface area contributed by atoms with Crippen molar-refractivity contribution in [2.75, 3.05) is 0 Å². The van der Waals surface area contributed by atoms with Crippen LogP contribution in [0.2, 0.25) is 5.02 Å². The van der Waals surface area contributed by atoms with Gasteiger partial charge in [-0.15, -0.1) is 0 Å². The minimum atomic E-state index is -0.875. The molecule has 0 saturated heterocycles. The zero-order valence-corrected chi connectivity index (χ0v) is 11.2. The van der Waals surface area contributed by atoms with Crippen molar-refractivity contribution in [2.45, 2.75) is 16.3 Å². The Morgan fingerprint density at radius 3 is 2.68 bits per heavy atom. The van der Waals surface area contributed by atoms with Crippen LogP contribution in [0.3, 0.4) is 0 Å². The second-order valence-electron chi connectivity index (χ2n) is 3.67. The fourth-order valence-corrected chi connectivity index (χ4v) is 2.40. The van der Waals surface area contributed by atoms with Gasteiger partial charge in [0.1, 0.15) is 10.0 Å². The van der Waals surface area contributed by atoms with Crippen LogP contribution < -0.4 is 5.56 Å². The molecule has 0 aliphatic carbocycles. The second kappa shape index (κ2) is 5.90. The average Bonchev–Trinajstić information content (AvgIpc) is 2.37. The summed E-state index contributed by atoms with van der Waals surface area (Å²) in [4.78, 5) is 29.0. The molecule has 0 amide bonds. The summed E-state index contributed by atoms with van der Waals surface area (Å²) in [5.41, 5.74) is 0.323. The molecule has 2 aromatic rings. The minimum absolute atomic E-state index is 0.0189. The smallest absolute Gasteiger partial charge is 0.307 e. The van der Waals surface area contributed by atoms with Gasteiger partial charge in [0.15, 0.2) is 0 Å². The van der Waals surface area contributed by atoms with E-state index in [0.29, 0.717) is 10.6 Å². The van der Waals surface area contributed by atoms with Crippen LogP contribution in [0.1, 0.15) is 5.56 Å². The molecule has 0 radical (unpaired) electrons. The Bertz CT molecular complexity index is 655. The third-order valence-electron chi connectivity index (χ3n) is 2.26. The number of carbonyl (C=O) groups is 1. The lowest BCUT2D eigenvalue weighted by Crippen LogP contribution is -2.07. The third-order valence-corrected chi connectivity index (χ3v) is 3.73. The molecule has 1 heterocycles. The van der Waals surface area contributed by atoms with E-state index in [9.17, 15) is 9.59 Å². The van der Waals surface area contributed by atoms with Crippen molar-refractivity contribution in [1.29, 1.82) is 0 Å². The average molecular weight is 297 g/mol. The first-order chi connectivity index (χ1) is 9.06. The van der Waals surface area contributed by atoms with Gasteiger partial charge in [-0.25, -0.2) is 4.98 Å². The molecule has 2 rings (SSSR count). The summed E-state index contributed by atoms with van der Waals surface area (Å²) in [7, 11) is 0. The maximum absolute atomic E-state index is 11.3. The number of rotatable bonds is 4. The number of carboxylic acid groups (broad SMARTS) is 1. The summed E-state index contributed by atoms with van der Waals surface area (Å²) >= 11 is 7.08. The Morgan fingerprint density at radius 2 is 2.05 bits per heavy atom. The molecule has 0 saturated carbocycles. The van der Waals surface area contributed by atoms with Gasteiger partial charge < -0.3 is 10.1 Å². The highest BCUT2D eigenvalue weighted by Gasteiger charge is 2.08. The maximum atomic E-state index is 11.3. The Labute approximate surface area is 117 Å². The number of hydrogen-bond donors (Lipinski definition) is 2. The lowest BCUT2D eigenvalue weighted by atomic mass is 10.2. The van der Waals surface area contributed by atoms with Crippen LogP contribution in [0, 0.1) is 0 Å². The molecule has 0 bridgehead atoms. The predicted molar refractivity (Wildman–Crippen MR) is 71.8 cm³/mol.